The molecule has 28 heavy (non-hydrogen) atoms. The highest BCUT2D eigenvalue weighted by atomic mass is 79.9. The van der Waals surface area contributed by atoms with Gasteiger partial charge in [-0.2, -0.15) is 5.10 Å². The molecule has 0 atom stereocenters. The van der Waals surface area contributed by atoms with E-state index in [1.54, 1.807) is 0 Å². The number of hydrogen-bond donors (Lipinski definition) is 0. The molecule has 0 spiro atoms. The van der Waals surface area contributed by atoms with Crippen LogP contribution in [0.15, 0.2) is 59.1 Å². The molecule has 1 aromatic heterocycles. The standard InChI is InChI=1S/C23H24BrN3O/c1-16-22(17(2)27(25-16)21-6-4-3-5-7-21)14-23(28)26(20-12-13-20)15-18-8-10-19(24)11-9-18/h3-11,20H,12-15H2,1-2H3. The van der Waals surface area contributed by atoms with Crippen molar-refractivity contribution >= 4 is 21.8 Å². The Morgan fingerprint density at radius 2 is 1.79 bits per heavy atom. The Morgan fingerprint density at radius 1 is 1.11 bits per heavy atom. The fraction of sp³-hybridized carbons (Fsp3) is 0.304. The first-order valence-electron chi connectivity index (χ1n) is 9.67. The van der Waals surface area contributed by atoms with Crippen molar-refractivity contribution < 1.29 is 4.79 Å². The van der Waals surface area contributed by atoms with Crippen LogP contribution in [0.2, 0.25) is 0 Å². The van der Waals surface area contributed by atoms with E-state index in [0.29, 0.717) is 19.0 Å². The van der Waals surface area contributed by atoms with Gasteiger partial charge >= 0.3 is 0 Å². The van der Waals surface area contributed by atoms with Crippen LogP contribution in [0.4, 0.5) is 0 Å². The lowest BCUT2D eigenvalue weighted by molar-refractivity contribution is -0.131. The summed E-state index contributed by atoms with van der Waals surface area (Å²) in [6, 6.07) is 18.7. The first-order valence-corrected chi connectivity index (χ1v) is 10.5. The SMILES string of the molecule is Cc1nn(-c2ccccc2)c(C)c1CC(=O)N(Cc1ccc(Br)cc1)C1CC1. The molecule has 3 aromatic rings. The lowest BCUT2D eigenvalue weighted by Gasteiger charge is -2.23. The third kappa shape index (κ3) is 4.04. The van der Waals surface area contributed by atoms with Crippen molar-refractivity contribution in [2.24, 2.45) is 0 Å². The molecule has 1 heterocycles. The number of carbonyl (C=O) groups is 1. The normalized spacial score (nSPS) is 13.5. The number of amides is 1. The van der Waals surface area contributed by atoms with Crippen molar-refractivity contribution in [3.63, 3.8) is 0 Å². The van der Waals surface area contributed by atoms with Crippen molar-refractivity contribution in [1.82, 2.24) is 14.7 Å². The summed E-state index contributed by atoms with van der Waals surface area (Å²) in [5.74, 6) is 0.184. The highest BCUT2D eigenvalue weighted by Gasteiger charge is 2.33. The molecule has 2 aromatic carbocycles. The van der Waals surface area contributed by atoms with Gasteiger partial charge in [-0.25, -0.2) is 4.68 Å². The maximum absolute atomic E-state index is 13.2. The second-order valence-corrected chi connectivity index (χ2v) is 8.37. The van der Waals surface area contributed by atoms with Crippen LogP contribution >= 0.6 is 15.9 Å². The second-order valence-electron chi connectivity index (χ2n) is 7.45. The largest absolute Gasteiger partial charge is 0.335 e. The van der Waals surface area contributed by atoms with E-state index in [1.165, 1.54) is 0 Å². The minimum Gasteiger partial charge on any atom is -0.335 e. The highest BCUT2D eigenvalue weighted by Crippen LogP contribution is 2.30. The Hall–Kier alpha value is -2.40. The van der Waals surface area contributed by atoms with Crippen LogP contribution in [-0.2, 0) is 17.8 Å². The summed E-state index contributed by atoms with van der Waals surface area (Å²) in [7, 11) is 0. The van der Waals surface area contributed by atoms with Crippen LogP contribution < -0.4 is 0 Å². The smallest absolute Gasteiger partial charge is 0.227 e. The molecule has 1 amide bonds. The van der Waals surface area contributed by atoms with E-state index in [2.05, 4.69) is 33.2 Å². The van der Waals surface area contributed by atoms with Crippen LogP contribution in [0.3, 0.4) is 0 Å². The molecule has 1 aliphatic rings. The highest BCUT2D eigenvalue weighted by molar-refractivity contribution is 9.10. The summed E-state index contributed by atoms with van der Waals surface area (Å²) in [5, 5.41) is 4.69. The summed E-state index contributed by atoms with van der Waals surface area (Å²) >= 11 is 3.47. The molecule has 144 valence electrons. The third-order valence-electron chi connectivity index (χ3n) is 5.34. The Kier molecular flexibility index (Phi) is 5.36. The van der Waals surface area contributed by atoms with Crippen molar-refractivity contribution in [1.29, 1.82) is 0 Å². The summed E-state index contributed by atoms with van der Waals surface area (Å²) in [4.78, 5) is 15.2. The molecule has 1 aliphatic carbocycles. The molecular weight excluding hydrogens is 414 g/mol. The van der Waals surface area contributed by atoms with Crippen LogP contribution in [0.25, 0.3) is 5.69 Å². The average Bonchev–Trinajstić information content (AvgIpc) is 3.50. The lowest BCUT2D eigenvalue weighted by atomic mass is 10.1. The zero-order valence-corrected chi connectivity index (χ0v) is 17.8. The Balaban J connectivity index is 1.55. The fourth-order valence-corrected chi connectivity index (χ4v) is 3.86. The van der Waals surface area contributed by atoms with Crippen LogP contribution in [0.5, 0.6) is 0 Å². The van der Waals surface area contributed by atoms with E-state index >= 15 is 0 Å². The van der Waals surface area contributed by atoms with Gasteiger partial charge in [-0.05, 0) is 56.5 Å². The number of aryl methyl sites for hydroxylation is 1. The summed E-state index contributed by atoms with van der Waals surface area (Å²) in [6.07, 6.45) is 2.60. The van der Waals surface area contributed by atoms with Gasteiger partial charge in [-0.3, -0.25) is 4.79 Å². The number of hydrogen-bond acceptors (Lipinski definition) is 2. The van der Waals surface area contributed by atoms with Gasteiger partial charge in [0.2, 0.25) is 5.91 Å². The van der Waals surface area contributed by atoms with Gasteiger partial charge in [0, 0.05) is 28.3 Å². The van der Waals surface area contributed by atoms with Crippen molar-refractivity contribution in [3.8, 4) is 5.69 Å². The van der Waals surface area contributed by atoms with Gasteiger partial charge in [0.15, 0.2) is 0 Å². The topological polar surface area (TPSA) is 38.1 Å². The lowest BCUT2D eigenvalue weighted by Crippen LogP contribution is -2.34. The second kappa shape index (κ2) is 7.92. The van der Waals surface area contributed by atoms with E-state index in [1.807, 2.05) is 65.9 Å². The zero-order valence-electron chi connectivity index (χ0n) is 16.2. The number of halogens is 1. The molecule has 1 saturated carbocycles. The van der Waals surface area contributed by atoms with Crippen molar-refractivity contribution in [3.05, 3.63) is 81.6 Å². The molecule has 4 rings (SSSR count). The summed E-state index contributed by atoms with van der Waals surface area (Å²) in [6.45, 7) is 4.71. The molecule has 4 nitrogen and oxygen atoms in total. The van der Waals surface area contributed by atoms with Gasteiger partial charge in [0.05, 0.1) is 17.8 Å². The number of carbonyl (C=O) groups excluding carboxylic acids is 1. The van der Waals surface area contributed by atoms with Gasteiger partial charge < -0.3 is 4.90 Å². The molecule has 1 fully saturated rings. The Bertz CT molecular complexity index is 975. The van der Waals surface area contributed by atoms with Gasteiger partial charge in [-0.1, -0.05) is 46.3 Å². The maximum Gasteiger partial charge on any atom is 0.227 e. The molecule has 0 radical (unpaired) electrons. The quantitative estimate of drug-likeness (QED) is 0.544. The Labute approximate surface area is 174 Å². The van der Waals surface area contributed by atoms with Crippen LogP contribution in [0, 0.1) is 13.8 Å². The van der Waals surface area contributed by atoms with Gasteiger partial charge in [-0.15, -0.1) is 0 Å². The first kappa shape index (κ1) is 18.9. The summed E-state index contributed by atoms with van der Waals surface area (Å²) < 4.78 is 2.99. The predicted molar refractivity (Wildman–Crippen MR) is 114 cm³/mol. The Morgan fingerprint density at radius 3 is 2.43 bits per heavy atom. The minimum atomic E-state index is 0.184. The number of aromatic nitrogens is 2. The first-order chi connectivity index (χ1) is 13.5. The number of rotatable bonds is 6. The number of para-hydroxylation sites is 1. The molecule has 0 N–H and O–H groups in total. The molecule has 0 aliphatic heterocycles. The van der Waals surface area contributed by atoms with E-state index in [9.17, 15) is 4.79 Å². The van der Waals surface area contributed by atoms with E-state index < -0.39 is 0 Å². The monoisotopic (exact) mass is 437 g/mol. The predicted octanol–water partition coefficient (Wildman–Crippen LogP) is 4.99. The van der Waals surface area contributed by atoms with Gasteiger partial charge in [0.1, 0.15) is 0 Å². The molecular formula is C23H24BrN3O. The fourth-order valence-electron chi connectivity index (χ4n) is 3.60. The van der Waals surface area contributed by atoms with Crippen LogP contribution in [-0.4, -0.2) is 26.6 Å². The maximum atomic E-state index is 13.2. The van der Waals surface area contributed by atoms with Crippen LogP contribution in [0.1, 0.15) is 35.4 Å². The molecule has 0 saturated heterocycles. The van der Waals surface area contributed by atoms with Crippen molar-refractivity contribution in [2.75, 3.05) is 0 Å². The van der Waals surface area contributed by atoms with E-state index in [4.69, 9.17) is 0 Å². The summed E-state index contributed by atoms with van der Waals surface area (Å²) in [5.41, 5.74) is 5.19. The van der Waals surface area contributed by atoms with E-state index in [-0.39, 0.29) is 5.91 Å². The molecule has 0 unspecified atom stereocenters. The average molecular weight is 438 g/mol. The van der Waals surface area contributed by atoms with Gasteiger partial charge in [0.25, 0.3) is 0 Å². The van der Waals surface area contributed by atoms with E-state index in [0.717, 1.165) is 45.5 Å². The zero-order chi connectivity index (χ0) is 19.7. The number of benzene rings is 2. The molecule has 0 bridgehead atoms. The molecule has 5 heteroatoms. The minimum absolute atomic E-state index is 0.184. The van der Waals surface area contributed by atoms with Crippen molar-refractivity contribution in [2.45, 2.75) is 45.7 Å². The number of nitrogens with zero attached hydrogens (tertiary/aromatic N) is 3. The third-order valence-corrected chi connectivity index (χ3v) is 5.87.